The van der Waals surface area contributed by atoms with E-state index in [4.69, 9.17) is 0 Å². The summed E-state index contributed by atoms with van der Waals surface area (Å²) in [6.45, 7) is 3.49. The maximum Gasteiger partial charge on any atom is 0.354 e. The Bertz CT molecular complexity index is 1250. The lowest BCUT2D eigenvalue weighted by molar-refractivity contribution is -0.421. The SMILES string of the molecule is Cc1cccc(P(c2cccc([N+](=O)[O-])c2[N+](=O)[O-])c2cccc([N+](=O)[O-])c2[N+](=O)[O-])c1C. The molecule has 0 saturated carbocycles. The molecule has 0 aliphatic carbocycles. The summed E-state index contributed by atoms with van der Waals surface area (Å²) >= 11 is 0. The van der Waals surface area contributed by atoms with Gasteiger partial charge in [0, 0.05) is 20.1 Å². The van der Waals surface area contributed by atoms with E-state index in [1.165, 1.54) is 24.3 Å². The van der Waals surface area contributed by atoms with Gasteiger partial charge in [-0.2, -0.15) is 0 Å². The summed E-state index contributed by atoms with van der Waals surface area (Å²) in [6.07, 6.45) is 0. The van der Waals surface area contributed by atoms with Crippen molar-refractivity contribution in [2.24, 2.45) is 0 Å². The number of nitro benzene ring substituents is 4. The molecule has 3 aromatic rings. The molecule has 3 aromatic carbocycles. The highest BCUT2D eigenvalue weighted by Crippen LogP contribution is 2.44. The number of aryl methyl sites for hydroxylation is 1. The second kappa shape index (κ2) is 9.05. The van der Waals surface area contributed by atoms with E-state index >= 15 is 0 Å². The molecule has 12 nitrogen and oxygen atoms in total. The van der Waals surface area contributed by atoms with E-state index in [2.05, 4.69) is 0 Å². The molecule has 0 heterocycles. The van der Waals surface area contributed by atoms with Crippen molar-refractivity contribution < 1.29 is 19.7 Å². The van der Waals surface area contributed by atoms with Gasteiger partial charge in [0.05, 0.1) is 30.3 Å². The average molecular weight is 470 g/mol. The minimum Gasteiger partial charge on any atom is -0.258 e. The first kappa shape index (κ1) is 23.4. The Labute approximate surface area is 186 Å². The van der Waals surface area contributed by atoms with Crippen molar-refractivity contribution >= 4 is 46.6 Å². The van der Waals surface area contributed by atoms with Crippen molar-refractivity contribution in [3.8, 4) is 0 Å². The van der Waals surface area contributed by atoms with Crippen molar-refractivity contribution in [3.63, 3.8) is 0 Å². The number of nitrogens with zero attached hydrogens (tertiary/aromatic N) is 4. The van der Waals surface area contributed by atoms with E-state index in [9.17, 15) is 40.5 Å². The number of hydrogen-bond donors (Lipinski definition) is 0. The molecule has 0 fully saturated rings. The van der Waals surface area contributed by atoms with Crippen LogP contribution in [-0.4, -0.2) is 19.7 Å². The zero-order valence-corrected chi connectivity index (χ0v) is 18.1. The fourth-order valence-electron chi connectivity index (χ4n) is 3.44. The number of hydrogen-bond acceptors (Lipinski definition) is 8. The first-order valence-electron chi connectivity index (χ1n) is 9.26. The summed E-state index contributed by atoms with van der Waals surface area (Å²) in [5.41, 5.74) is -1.73. The highest BCUT2D eigenvalue weighted by Gasteiger charge is 2.39. The Morgan fingerprint density at radius 1 is 0.576 bits per heavy atom. The summed E-state index contributed by atoms with van der Waals surface area (Å²) in [7, 11) is -2.16. The standard InChI is InChI=1S/C20H15N4O8P/c1-12-6-3-9-16(13(12)2)33(17-10-4-7-14(21(25)26)19(17)23(29)30)18-11-5-8-15(22(27)28)20(18)24(31)32/h3-11H,1-2H3. The molecule has 0 bridgehead atoms. The third-order valence-corrected chi connectivity index (χ3v) is 7.70. The second-order valence-electron chi connectivity index (χ2n) is 6.87. The molecule has 0 spiro atoms. The van der Waals surface area contributed by atoms with Crippen LogP contribution in [0.2, 0.25) is 0 Å². The summed E-state index contributed by atoms with van der Waals surface area (Å²) in [5.74, 6) is 0. The predicted molar refractivity (Wildman–Crippen MR) is 121 cm³/mol. The first-order valence-corrected chi connectivity index (χ1v) is 10.6. The normalized spacial score (nSPS) is 10.8. The predicted octanol–water partition coefficient (Wildman–Crippen LogP) is 3.69. The van der Waals surface area contributed by atoms with Crippen LogP contribution in [-0.2, 0) is 0 Å². The van der Waals surface area contributed by atoms with Gasteiger partial charge in [0.1, 0.15) is 0 Å². The van der Waals surface area contributed by atoms with Gasteiger partial charge in [-0.3, -0.25) is 40.5 Å². The van der Waals surface area contributed by atoms with Crippen molar-refractivity contribution in [1.29, 1.82) is 0 Å². The largest absolute Gasteiger partial charge is 0.354 e. The molecule has 0 radical (unpaired) electrons. The summed E-state index contributed by atoms with van der Waals surface area (Å²) in [6, 6.07) is 12.1. The Hall–Kier alpha value is -4.31. The van der Waals surface area contributed by atoms with E-state index < -0.39 is 50.4 Å². The van der Waals surface area contributed by atoms with E-state index in [-0.39, 0.29) is 10.6 Å². The van der Waals surface area contributed by atoms with Crippen LogP contribution >= 0.6 is 7.92 Å². The van der Waals surface area contributed by atoms with Gasteiger partial charge in [0.15, 0.2) is 0 Å². The molecule has 168 valence electrons. The van der Waals surface area contributed by atoms with Crippen molar-refractivity contribution in [3.05, 3.63) is 106 Å². The van der Waals surface area contributed by atoms with Crippen LogP contribution in [0.5, 0.6) is 0 Å². The molecular formula is C20H15N4O8P. The number of para-hydroxylation sites is 2. The van der Waals surface area contributed by atoms with Gasteiger partial charge in [-0.15, -0.1) is 0 Å². The molecule has 0 unspecified atom stereocenters. The molecule has 0 atom stereocenters. The third kappa shape index (κ3) is 4.23. The summed E-state index contributed by atoms with van der Waals surface area (Å²) < 4.78 is 0. The molecule has 33 heavy (non-hydrogen) atoms. The van der Waals surface area contributed by atoms with Gasteiger partial charge >= 0.3 is 22.7 Å². The lowest BCUT2D eigenvalue weighted by Gasteiger charge is -2.21. The van der Waals surface area contributed by atoms with Gasteiger partial charge < -0.3 is 0 Å². The third-order valence-electron chi connectivity index (χ3n) is 5.04. The molecule has 0 amide bonds. The summed E-state index contributed by atoms with van der Waals surface area (Å²) in [5, 5.41) is 47.1. The van der Waals surface area contributed by atoms with Gasteiger partial charge in [0.2, 0.25) is 0 Å². The maximum atomic E-state index is 11.9. The van der Waals surface area contributed by atoms with Gasteiger partial charge in [0.25, 0.3) is 0 Å². The van der Waals surface area contributed by atoms with Crippen LogP contribution in [0.15, 0.2) is 54.6 Å². The van der Waals surface area contributed by atoms with Crippen LogP contribution in [0.1, 0.15) is 11.1 Å². The van der Waals surface area contributed by atoms with Crippen molar-refractivity contribution in [2.45, 2.75) is 13.8 Å². The monoisotopic (exact) mass is 470 g/mol. The fourth-order valence-corrected chi connectivity index (χ4v) is 6.25. The van der Waals surface area contributed by atoms with Crippen LogP contribution in [0.4, 0.5) is 22.7 Å². The van der Waals surface area contributed by atoms with Gasteiger partial charge in [-0.05, 0) is 42.4 Å². The number of benzene rings is 3. The fraction of sp³-hybridized carbons (Fsp3) is 0.100. The Morgan fingerprint density at radius 2 is 0.970 bits per heavy atom. The lowest BCUT2D eigenvalue weighted by atomic mass is 10.1. The van der Waals surface area contributed by atoms with Crippen molar-refractivity contribution in [1.82, 2.24) is 0 Å². The van der Waals surface area contributed by atoms with E-state index in [0.717, 1.165) is 17.7 Å². The Kier molecular flexibility index (Phi) is 6.40. The topological polar surface area (TPSA) is 173 Å². The van der Waals surface area contributed by atoms with Crippen LogP contribution in [0, 0.1) is 54.3 Å². The van der Waals surface area contributed by atoms with Crippen LogP contribution in [0.3, 0.4) is 0 Å². The first-order chi connectivity index (χ1) is 15.6. The Morgan fingerprint density at radius 3 is 1.36 bits per heavy atom. The molecule has 0 aliphatic heterocycles. The molecule has 0 aliphatic rings. The van der Waals surface area contributed by atoms with E-state index in [1.54, 1.807) is 32.0 Å². The van der Waals surface area contributed by atoms with E-state index in [1.807, 2.05) is 0 Å². The minimum absolute atomic E-state index is 0.124. The molecule has 0 aromatic heterocycles. The number of nitro groups is 4. The van der Waals surface area contributed by atoms with Gasteiger partial charge in [-0.1, -0.05) is 30.3 Å². The second-order valence-corrected chi connectivity index (χ2v) is 8.99. The average Bonchev–Trinajstić information content (AvgIpc) is 2.76. The van der Waals surface area contributed by atoms with Crippen molar-refractivity contribution in [2.75, 3.05) is 0 Å². The minimum atomic E-state index is -2.16. The Balaban J connectivity index is 2.53. The molecule has 0 N–H and O–H groups in total. The molecular weight excluding hydrogens is 455 g/mol. The molecule has 13 heteroatoms. The maximum absolute atomic E-state index is 11.9. The van der Waals surface area contributed by atoms with Crippen LogP contribution < -0.4 is 15.9 Å². The number of rotatable bonds is 7. The zero-order chi connectivity index (χ0) is 24.4. The lowest BCUT2D eigenvalue weighted by Crippen LogP contribution is -2.27. The zero-order valence-electron chi connectivity index (χ0n) is 17.2. The smallest absolute Gasteiger partial charge is 0.258 e. The highest BCUT2D eigenvalue weighted by molar-refractivity contribution is 7.80. The molecule has 0 saturated heterocycles. The molecule has 3 rings (SSSR count). The summed E-state index contributed by atoms with van der Waals surface area (Å²) in [4.78, 5) is 43.3. The highest BCUT2D eigenvalue weighted by atomic mass is 31.1. The van der Waals surface area contributed by atoms with E-state index in [0.29, 0.717) is 10.9 Å². The quantitative estimate of drug-likeness (QED) is 0.285. The van der Waals surface area contributed by atoms with Gasteiger partial charge in [-0.25, -0.2) is 0 Å². The van der Waals surface area contributed by atoms with Crippen LogP contribution in [0.25, 0.3) is 0 Å².